The lowest BCUT2D eigenvalue weighted by molar-refractivity contribution is -0.137. The van der Waals surface area contributed by atoms with Crippen LogP contribution in [0.2, 0.25) is 5.02 Å². The number of hydrogen-bond acceptors (Lipinski definition) is 2. The average Bonchev–Trinajstić information content (AvgIpc) is 2.36. The molecule has 1 atom stereocenters. The molecule has 3 rings (SSSR count). The third-order valence-corrected chi connectivity index (χ3v) is 4.56. The SMILES string of the molecule is O=C(c1ccc(Cl)cc1F)C1CCOC2(CCC2)C1. The van der Waals surface area contributed by atoms with Gasteiger partial charge in [-0.15, -0.1) is 0 Å². The van der Waals surface area contributed by atoms with Crippen LogP contribution in [0.1, 0.15) is 42.5 Å². The predicted molar refractivity (Wildman–Crippen MR) is 71.0 cm³/mol. The molecule has 0 amide bonds. The van der Waals surface area contributed by atoms with Gasteiger partial charge >= 0.3 is 0 Å². The van der Waals surface area contributed by atoms with Gasteiger partial charge in [0.05, 0.1) is 11.2 Å². The molecular weight excluding hydrogens is 267 g/mol. The van der Waals surface area contributed by atoms with Gasteiger partial charge in [-0.2, -0.15) is 0 Å². The summed E-state index contributed by atoms with van der Waals surface area (Å²) in [5.74, 6) is -0.750. The first-order chi connectivity index (χ1) is 9.10. The molecule has 1 aliphatic carbocycles. The molecule has 1 unspecified atom stereocenters. The number of halogens is 2. The minimum atomic E-state index is -0.522. The molecule has 2 aliphatic rings. The summed E-state index contributed by atoms with van der Waals surface area (Å²) in [5.41, 5.74) is 0.0624. The average molecular weight is 283 g/mol. The highest BCUT2D eigenvalue weighted by Crippen LogP contribution is 2.45. The van der Waals surface area contributed by atoms with Gasteiger partial charge < -0.3 is 4.74 Å². The van der Waals surface area contributed by atoms with Crippen LogP contribution in [-0.2, 0) is 4.74 Å². The molecule has 1 saturated carbocycles. The van der Waals surface area contributed by atoms with E-state index in [-0.39, 0.29) is 22.9 Å². The molecule has 1 aromatic rings. The highest BCUT2D eigenvalue weighted by Gasteiger charge is 2.44. The van der Waals surface area contributed by atoms with Crippen molar-refractivity contribution < 1.29 is 13.9 Å². The molecule has 102 valence electrons. The minimum Gasteiger partial charge on any atom is -0.375 e. The number of carbonyl (C=O) groups excluding carboxylic acids is 1. The smallest absolute Gasteiger partial charge is 0.169 e. The normalized spacial score (nSPS) is 25.1. The molecule has 0 radical (unpaired) electrons. The number of ether oxygens (including phenoxy) is 1. The van der Waals surface area contributed by atoms with Crippen LogP contribution in [-0.4, -0.2) is 18.0 Å². The van der Waals surface area contributed by atoms with Crippen LogP contribution in [0.25, 0.3) is 0 Å². The molecule has 1 spiro atoms. The van der Waals surface area contributed by atoms with Crippen LogP contribution >= 0.6 is 11.6 Å². The van der Waals surface area contributed by atoms with Gasteiger partial charge in [0.25, 0.3) is 0 Å². The number of ketones is 1. The zero-order valence-electron chi connectivity index (χ0n) is 10.6. The summed E-state index contributed by atoms with van der Waals surface area (Å²) >= 11 is 5.71. The number of carbonyl (C=O) groups is 1. The van der Waals surface area contributed by atoms with Crippen molar-refractivity contribution in [2.75, 3.05) is 6.61 Å². The molecule has 2 nitrogen and oxygen atoms in total. The maximum atomic E-state index is 13.8. The monoisotopic (exact) mass is 282 g/mol. The highest BCUT2D eigenvalue weighted by molar-refractivity contribution is 6.30. The highest BCUT2D eigenvalue weighted by atomic mass is 35.5. The summed E-state index contributed by atoms with van der Waals surface area (Å²) in [6.45, 7) is 0.603. The number of rotatable bonds is 2. The Balaban J connectivity index is 1.79. The summed E-state index contributed by atoms with van der Waals surface area (Å²) in [7, 11) is 0. The first kappa shape index (κ1) is 13.1. The molecular formula is C15H16ClFO2. The summed E-state index contributed by atoms with van der Waals surface area (Å²) in [6.07, 6.45) is 4.63. The van der Waals surface area contributed by atoms with Crippen molar-refractivity contribution in [3.8, 4) is 0 Å². The molecule has 1 aliphatic heterocycles. The van der Waals surface area contributed by atoms with Crippen LogP contribution in [0.4, 0.5) is 4.39 Å². The summed E-state index contributed by atoms with van der Waals surface area (Å²) in [5, 5.41) is 0.316. The Bertz CT molecular complexity index is 511. The Morgan fingerprint density at radius 2 is 2.21 bits per heavy atom. The van der Waals surface area contributed by atoms with Gasteiger partial charge in [0, 0.05) is 17.5 Å². The Morgan fingerprint density at radius 3 is 2.84 bits per heavy atom. The second-order valence-electron chi connectivity index (χ2n) is 5.56. The van der Waals surface area contributed by atoms with Gasteiger partial charge in [-0.1, -0.05) is 11.6 Å². The van der Waals surface area contributed by atoms with Crippen molar-refractivity contribution in [3.05, 3.63) is 34.6 Å². The third-order valence-electron chi connectivity index (χ3n) is 4.33. The number of Topliss-reactive ketones (excluding diaryl/α,β-unsaturated/α-hetero) is 1. The van der Waals surface area contributed by atoms with Crippen LogP contribution < -0.4 is 0 Å². The maximum Gasteiger partial charge on any atom is 0.169 e. The van der Waals surface area contributed by atoms with Crippen LogP contribution in [0, 0.1) is 11.7 Å². The van der Waals surface area contributed by atoms with Gasteiger partial charge in [-0.25, -0.2) is 4.39 Å². The van der Waals surface area contributed by atoms with Gasteiger partial charge in [-0.3, -0.25) is 4.79 Å². The molecule has 0 aromatic heterocycles. The van der Waals surface area contributed by atoms with E-state index < -0.39 is 5.82 Å². The minimum absolute atomic E-state index is 0.0958. The molecule has 1 aromatic carbocycles. The zero-order valence-corrected chi connectivity index (χ0v) is 11.4. The first-order valence-electron chi connectivity index (χ1n) is 6.73. The van der Waals surface area contributed by atoms with Crippen LogP contribution in [0.15, 0.2) is 18.2 Å². The fourth-order valence-corrected chi connectivity index (χ4v) is 3.24. The first-order valence-corrected chi connectivity index (χ1v) is 7.11. The van der Waals surface area contributed by atoms with Gasteiger partial charge in [0.15, 0.2) is 5.78 Å². The molecule has 2 fully saturated rings. The Labute approximate surface area is 116 Å². The van der Waals surface area contributed by atoms with Crippen molar-refractivity contribution >= 4 is 17.4 Å². The lowest BCUT2D eigenvalue weighted by atomic mass is 9.70. The van der Waals surface area contributed by atoms with E-state index in [0.717, 1.165) is 25.7 Å². The fourth-order valence-electron chi connectivity index (χ4n) is 3.08. The Morgan fingerprint density at radius 1 is 1.42 bits per heavy atom. The predicted octanol–water partition coefficient (Wildman–Crippen LogP) is 4.01. The van der Waals surface area contributed by atoms with E-state index in [9.17, 15) is 9.18 Å². The second kappa shape index (κ2) is 4.88. The standard InChI is InChI=1S/C15H16ClFO2/c16-11-2-3-12(13(17)8-11)14(18)10-4-7-19-15(9-10)5-1-6-15/h2-3,8,10H,1,4-7,9H2. The molecule has 1 heterocycles. The molecule has 4 heteroatoms. The van der Waals surface area contributed by atoms with E-state index in [1.54, 1.807) is 6.07 Å². The fraction of sp³-hybridized carbons (Fsp3) is 0.533. The quantitative estimate of drug-likeness (QED) is 0.766. The Kier molecular flexibility index (Phi) is 3.35. The number of benzene rings is 1. The largest absolute Gasteiger partial charge is 0.375 e. The second-order valence-corrected chi connectivity index (χ2v) is 6.00. The topological polar surface area (TPSA) is 26.3 Å². The molecule has 1 saturated heterocycles. The van der Waals surface area contributed by atoms with E-state index in [1.807, 2.05) is 0 Å². The lowest BCUT2D eigenvalue weighted by Crippen LogP contribution is -2.47. The van der Waals surface area contributed by atoms with Gasteiger partial charge in [-0.05, 0) is 50.3 Å². The van der Waals surface area contributed by atoms with Crippen molar-refractivity contribution in [3.63, 3.8) is 0 Å². The zero-order chi connectivity index (χ0) is 13.5. The summed E-state index contributed by atoms with van der Waals surface area (Å²) in [6, 6.07) is 4.26. The third kappa shape index (κ3) is 2.41. The molecule has 0 bridgehead atoms. The summed E-state index contributed by atoms with van der Waals surface area (Å²) in [4.78, 5) is 12.4. The van der Waals surface area contributed by atoms with E-state index in [4.69, 9.17) is 16.3 Å². The molecule has 19 heavy (non-hydrogen) atoms. The molecule has 0 N–H and O–H groups in total. The van der Waals surface area contributed by atoms with E-state index in [1.165, 1.54) is 12.1 Å². The van der Waals surface area contributed by atoms with Gasteiger partial charge in [0.1, 0.15) is 5.82 Å². The van der Waals surface area contributed by atoms with Crippen LogP contribution in [0.3, 0.4) is 0 Å². The van der Waals surface area contributed by atoms with E-state index in [0.29, 0.717) is 18.1 Å². The van der Waals surface area contributed by atoms with E-state index >= 15 is 0 Å². The van der Waals surface area contributed by atoms with E-state index in [2.05, 4.69) is 0 Å². The van der Waals surface area contributed by atoms with Gasteiger partial charge in [0.2, 0.25) is 0 Å². The summed E-state index contributed by atoms with van der Waals surface area (Å²) < 4.78 is 19.6. The van der Waals surface area contributed by atoms with Crippen LogP contribution in [0.5, 0.6) is 0 Å². The van der Waals surface area contributed by atoms with Crippen molar-refractivity contribution in [1.29, 1.82) is 0 Å². The van der Waals surface area contributed by atoms with Crippen molar-refractivity contribution in [1.82, 2.24) is 0 Å². The van der Waals surface area contributed by atoms with Crippen molar-refractivity contribution in [2.24, 2.45) is 5.92 Å². The maximum absolute atomic E-state index is 13.8. The Hall–Kier alpha value is -0.930. The number of hydrogen-bond donors (Lipinski definition) is 0. The lowest BCUT2D eigenvalue weighted by Gasteiger charge is -2.46. The van der Waals surface area contributed by atoms with Crippen molar-refractivity contribution in [2.45, 2.75) is 37.7 Å².